The van der Waals surface area contributed by atoms with E-state index < -0.39 is 6.43 Å². The third-order valence-corrected chi connectivity index (χ3v) is 3.13. The first-order valence-electron chi connectivity index (χ1n) is 3.70. The molecule has 1 aromatic heterocycles. The topological polar surface area (TPSA) is 28.7 Å². The molecule has 74 valence electrons. The van der Waals surface area contributed by atoms with Gasteiger partial charge in [0.1, 0.15) is 5.69 Å². The second kappa shape index (κ2) is 3.73. The molecule has 0 saturated heterocycles. The molecule has 0 amide bonds. The van der Waals surface area contributed by atoms with E-state index in [1.165, 1.54) is 0 Å². The first-order chi connectivity index (χ1) is 6.59. The van der Waals surface area contributed by atoms with Gasteiger partial charge in [-0.25, -0.2) is 8.78 Å². The molecule has 0 unspecified atom stereocenters. The predicted molar refractivity (Wildman–Crippen MR) is 61.5 cm³/mol. The smallest absolute Gasteiger partial charge is 0.275 e. The van der Waals surface area contributed by atoms with Gasteiger partial charge in [-0.15, -0.1) is 0 Å². The summed E-state index contributed by atoms with van der Waals surface area (Å²) in [6, 6.07) is 3.49. The van der Waals surface area contributed by atoms with Crippen LogP contribution in [0, 0.1) is 3.57 Å². The highest BCUT2D eigenvalue weighted by atomic mass is 127. The Morgan fingerprint density at radius 3 is 2.79 bits per heavy atom. The number of benzene rings is 1. The maximum atomic E-state index is 12.5. The molecular weight excluding hydrogens is 369 g/mol. The Labute approximate surface area is 100 Å². The van der Waals surface area contributed by atoms with Crippen molar-refractivity contribution in [2.75, 3.05) is 0 Å². The predicted octanol–water partition coefficient (Wildman–Crippen LogP) is 3.87. The number of halogens is 4. The van der Waals surface area contributed by atoms with Gasteiger partial charge in [-0.2, -0.15) is 5.10 Å². The van der Waals surface area contributed by atoms with Crippen molar-refractivity contribution in [2.24, 2.45) is 0 Å². The summed E-state index contributed by atoms with van der Waals surface area (Å²) in [4.78, 5) is 0. The molecule has 6 heteroatoms. The summed E-state index contributed by atoms with van der Waals surface area (Å²) in [6.07, 6.45) is -2.52. The Kier molecular flexibility index (Phi) is 2.74. The zero-order chi connectivity index (χ0) is 10.3. The van der Waals surface area contributed by atoms with Gasteiger partial charge in [-0.05, 0) is 34.7 Å². The minimum atomic E-state index is -2.52. The molecular formula is C8H4BrF2IN2. The molecule has 2 nitrogen and oxygen atoms in total. The first kappa shape index (κ1) is 10.3. The van der Waals surface area contributed by atoms with E-state index in [1.54, 1.807) is 12.1 Å². The highest BCUT2D eigenvalue weighted by Crippen LogP contribution is 2.31. The summed E-state index contributed by atoms with van der Waals surface area (Å²) < 4.78 is 26.6. The summed E-state index contributed by atoms with van der Waals surface area (Å²) in [5, 5.41) is 6.68. The fourth-order valence-corrected chi connectivity index (χ4v) is 3.03. The van der Waals surface area contributed by atoms with Gasteiger partial charge < -0.3 is 0 Å². The van der Waals surface area contributed by atoms with E-state index in [0.29, 0.717) is 10.9 Å². The quantitative estimate of drug-likeness (QED) is 0.756. The van der Waals surface area contributed by atoms with Gasteiger partial charge >= 0.3 is 0 Å². The van der Waals surface area contributed by atoms with Gasteiger partial charge in [-0.3, -0.25) is 5.10 Å². The molecule has 0 bridgehead atoms. The third-order valence-electron chi connectivity index (χ3n) is 1.82. The number of H-pyrrole nitrogens is 1. The van der Waals surface area contributed by atoms with Gasteiger partial charge in [0.15, 0.2) is 0 Å². The molecule has 0 aliphatic rings. The van der Waals surface area contributed by atoms with Crippen molar-refractivity contribution in [3.63, 3.8) is 0 Å². The average Bonchev–Trinajstić information content (AvgIpc) is 2.47. The van der Waals surface area contributed by atoms with Crippen molar-refractivity contribution in [3.05, 3.63) is 25.9 Å². The molecule has 0 aliphatic heterocycles. The number of aromatic amines is 1. The maximum Gasteiger partial charge on any atom is 0.280 e. The molecule has 0 fully saturated rings. The zero-order valence-electron chi connectivity index (χ0n) is 6.69. The lowest BCUT2D eigenvalue weighted by Crippen LogP contribution is -1.86. The third kappa shape index (κ3) is 1.65. The number of alkyl halides is 2. The lowest BCUT2D eigenvalue weighted by Gasteiger charge is -1.98. The van der Waals surface area contributed by atoms with Gasteiger partial charge in [0, 0.05) is 13.4 Å². The van der Waals surface area contributed by atoms with Crippen molar-refractivity contribution in [1.82, 2.24) is 10.2 Å². The van der Waals surface area contributed by atoms with Crippen LogP contribution in [0.4, 0.5) is 8.78 Å². The van der Waals surface area contributed by atoms with Gasteiger partial charge in [-0.1, -0.05) is 15.9 Å². The second-order valence-electron chi connectivity index (χ2n) is 2.72. The van der Waals surface area contributed by atoms with Crippen LogP contribution in [0.15, 0.2) is 16.6 Å². The molecule has 0 radical (unpaired) electrons. The molecule has 0 atom stereocenters. The van der Waals surface area contributed by atoms with Gasteiger partial charge in [0.25, 0.3) is 6.43 Å². The Bertz CT molecular complexity index is 483. The largest absolute Gasteiger partial charge is 0.280 e. The number of nitrogens with one attached hydrogen (secondary N) is 1. The summed E-state index contributed by atoms with van der Waals surface area (Å²) in [7, 11) is 0. The molecule has 0 aliphatic carbocycles. The van der Waals surface area contributed by atoms with E-state index in [9.17, 15) is 8.78 Å². The Balaban J connectivity index is 2.79. The van der Waals surface area contributed by atoms with Crippen LogP contribution >= 0.6 is 38.5 Å². The van der Waals surface area contributed by atoms with Crippen LogP contribution in [0.2, 0.25) is 0 Å². The highest BCUT2D eigenvalue weighted by molar-refractivity contribution is 14.1. The number of nitrogens with zero attached hydrogens (tertiary/aromatic N) is 1. The SMILES string of the molecule is FC(F)c1[nH]nc2cc(Br)cc(I)c12. The summed E-state index contributed by atoms with van der Waals surface area (Å²) >= 11 is 5.30. The molecule has 1 aromatic carbocycles. The van der Waals surface area contributed by atoms with Crippen LogP contribution in [0.1, 0.15) is 12.1 Å². The van der Waals surface area contributed by atoms with E-state index in [-0.39, 0.29) is 5.69 Å². The van der Waals surface area contributed by atoms with Crippen LogP contribution in [-0.2, 0) is 0 Å². The minimum Gasteiger partial charge on any atom is -0.275 e. The lowest BCUT2D eigenvalue weighted by molar-refractivity contribution is 0.147. The number of rotatable bonds is 1. The van der Waals surface area contributed by atoms with Crippen molar-refractivity contribution < 1.29 is 8.78 Å². The number of hydrogen-bond donors (Lipinski definition) is 1. The van der Waals surface area contributed by atoms with Crippen LogP contribution in [0.25, 0.3) is 10.9 Å². The molecule has 1 N–H and O–H groups in total. The first-order valence-corrected chi connectivity index (χ1v) is 5.58. The van der Waals surface area contributed by atoms with Gasteiger partial charge in [0.2, 0.25) is 0 Å². The van der Waals surface area contributed by atoms with E-state index in [1.807, 2.05) is 22.6 Å². The minimum absolute atomic E-state index is 0.114. The van der Waals surface area contributed by atoms with Crippen LogP contribution < -0.4 is 0 Å². The fraction of sp³-hybridized carbons (Fsp3) is 0.125. The average molecular weight is 373 g/mol. The molecule has 2 aromatic rings. The highest BCUT2D eigenvalue weighted by Gasteiger charge is 2.17. The summed E-state index contributed by atoms with van der Waals surface area (Å²) in [6.45, 7) is 0. The van der Waals surface area contributed by atoms with E-state index in [0.717, 1.165) is 8.04 Å². The summed E-state index contributed by atoms with van der Waals surface area (Å²) in [5.41, 5.74) is 0.441. The monoisotopic (exact) mass is 372 g/mol. The number of hydrogen-bond acceptors (Lipinski definition) is 1. The van der Waals surface area contributed by atoms with Crippen molar-refractivity contribution in [2.45, 2.75) is 6.43 Å². The molecule has 0 spiro atoms. The van der Waals surface area contributed by atoms with Crippen molar-refractivity contribution >= 4 is 49.4 Å². The van der Waals surface area contributed by atoms with E-state index in [2.05, 4.69) is 26.1 Å². The van der Waals surface area contributed by atoms with Crippen LogP contribution in [-0.4, -0.2) is 10.2 Å². The fourth-order valence-electron chi connectivity index (χ4n) is 1.25. The lowest BCUT2D eigenvalue weighted by atomic mass is 10.2. The molecule has 0 saturated carbocycles. The van der Waals surface area contributed by atoms with E-state index in [4.69, 9.17) is 0 Å². The maximum absolute atomic E-state index is 12.5. The van der Waals surface area contributed by atoms with Crippen LogP contribution in [0.3, 0.4) is 0 Å². The zero-order valence-corrected chi connectivity index (χ0v) is 10.4. The van der Waals surface area contributed by atoms with Gasteiger partial charge in [0.05, 0.1) is 5.52 Å². The molecule has 2 rings (SSSR count). The number of aromatic nitrogens is 2. The van der Waals surface area contributed by atoms with E-state index >= 15 is 0 Å². The standard InChI is InChI=1S/C8H4BrF2IN2/c9-3-1-4(12)6-5(2-3)13-14-7(6)8(10)11/h1-2,8H,(H,13,14). The molecule has 14 heavy (non-hydrogen) atoms. The molecule has 1 heterocycles. The normalized spacial score (nSPS) is 11.5. The summed E-state index contributed by atoms with van der Waals surface area (Å²) in [5.74, 6) is 0. The number of fused-ring (bicyclic) bond motifs is 1. The van der Waals surface area contributed by atoms with Crippen LogP contribution in [0.5, 0.6) is 0 Å². The van der Waals surface area contributed by atoms with Crippen molar-refractivity contribution in [1.29, 1.82) is 0 Å². The second-order valence-corrected chi connectivity index (χ2v) is 4.80. The Morgan fingerprint density at radius 1 is 1.43 bits per heavy atom. The Morgan fingerprint density at radius 2 is 2.14 bits per heavy atom. The van der Waals surface area contributed by atoms with Crippen molar-refractivity contribution in [3.8, 4) is 0 Å². The Hall–Kier alpha value is -0.240.